The molecule has 166 valence electrons. The number of hydrogen-bond donors (Lipinski definition) is 0. The second-order valence-corrected chi connectivity index (χ2v) is 9.58. The van der Waals surface area contributed by atoms with Crippen molar-refractivity contribution in [3.05, 3.63) is 77.4 Å². The Morgan fingerprint density at radius 2 is 1.39 bits per heavy atom. The minimum absolute atomic E-state index is 0.131. The smallest absolute Gasteiger partial charge is 0.338 e. The van der Waals surface area contributed by atoms with Gasteiger partial charge < -0.3 is 4.74 Å². The molecule has 6 heteroatoms. The summed E-state index contributed by atoms with van der Waals surface area (Å²) in [6, 6.07) is 13.3. The van der Waals surface area contributed by atoms with Gasteiger partial charge in [0.15, 0.2) is 12.4 Å². The van der Waals surface area contributed by atoms with Crippen LogP contribution in [0.25, 0.3) is 0 Å². The van der Waals surface area contributed by atoms with Gasteiger partial charge in [0, 0.05) is 5.56 Å². The van der Waals surface area contributed by atoms with E-state index >= 15 is 0 Å². The summed E-state index contributed by atoms with van der Waals surface area (Å²) in [5, 5.41) is 0. The highest BCUT2D eigenvalue weighted by Crippen LogP contribution is 2.65. The maximum atomic E-state index is 13.2. The third kappa shape index (κ3) is 3.08. The molecule has 7 rings (SSSR count). The molecule has 2 aromatic rings. The van der Waals surface area contributed by atoms with Crippen LogP contribution < -0.4 is 4.90 Å². The maximum Gasteiger partial charge on any atom is 0.338 e. The molecule has 0 spiro atoms. The number of nitrogens with zero attached hydrogens (tertiary/aromatic N) is 1. The first kappa shape index (κ1) is 20.1. The number of ether oxygens (including phenoxy) is 1. The highest BCUT2D eigenvalue weighted by molar-refractivity contribution is 6.22. The van der Waals surface area contributed by atoms with Gasteiger partial charge in [0.25, 0.3) is 0 Å². The van der Waals surface area contributed by atoms with Gasteiger partial charge in [-0.1, -0.05) is 42.0 Å². The monoisotopic (exact) mass is 441 g/mol. The summed E-state index contributed by atoms with van der Waals surface area (Å²) < 4.78 is 5.17. The Kier molecular flexibility index (Phi) is 4.41. The van der Waals surface area contributed by atoms with E-state index < -0.39 is 5.97 Å². The lowest BCUT2D eigenvalue weighted by molar-refractivity contribution is -0.124. The number of aryl methyl sites for hydroxylation is 1. The maximum absolute atomic E-state index is 13.2. The number of benzene rings is 2. The summed E-state index contributed by atoms with van der Waals surface area (Å²) in [6.07, 6.45) is 5.41. The average Bonchev–Trinajstić information content (AvgIpc) is 3.61. The van der Waals surface area contributed by atoms with Gasteiger partial charge in [-0.05, 0) is 61.3 Å². The molecule has 33 heavy (non-hydrogen) atoms. The summed E-state index contributed by atoms with van der Waals surface area (Å²) in [5.41, 5.74) is 2.26. The van der Waals surface area contributed by atoms with E-state index in [1.54, 1.807) is 24.3 Å². The largest absolute Gasteiger partial charge is 0.454 e. The number of hydrogen-bond acceptors (Lipinski definition) is 5. The van der Waals surface area contributed by atoms with Crippen molar-refractivity contribution in [2.24, 2.45) is 35.5 Å². The van der Waals surface area contributed by atoms with Gasteiger partial charge in [0.2, 0.25) is 11.8 Å². The number of carbonyl (C=O) groups is 4. The van der Waals surface area contributed by atoms with Crippen molar-refractivity contribution in [1.82, 2.24) is 0 Å². The molecule has 2 saturated carbocycles. The summed E-state index contributed by atoms with van der Waals surface area (Å²) in [4.78, 5) is 52.3. The van der Waals surface area contributed by atoms with E-state index in [2.05, 4.69) is 12.2 Å². The number of Topliss-reactive ketones (excluding diaryl/α,β-unsaturated/α-hetero) is 1. The van der Waals surface area contributed by atoms with Crippen LogP contribution in [0.15, 0.2) is 60.7 Å². The van der Waals surface area contributed by atoms with Crippen molar-refractivity contribution < 1.29 is 23.9 Å². The molecule has 1 heterocycles. The second-order valence-electron chi connectivity index (χ2n) is 9.58. The lowest BCUT2D eigenvalue weighted by atomic mass is 9.63. The van der Waals surface area contributed by atoms with Gasteiger partial charge in [0.05, 0.1) is 23.1 Å². The number of allylic oxidation sites excluding steroid dienone is 2. The Bertz CT molecular complexity index is 1180. The topological polar surface area (TPSA) is 80.8 Å². The lowest BCUT2D eigenvalue weighted by Crippen LogP contribution is -2.40. The standard InChI is InChI=1S/C27H23NO5/c1-14-2-4-15(5-3-14)22(29)13-33-27(32)16-6-8-17(9-7-16)28-25(30)23-18-10-11-19(21-12-20(18)21)24(23)26(28)31/h2-11,18-21,23-24H,12-13H2,1H3/t18-,19-,20-,21+,23-,24+/m0/s1. The van der Waals surface area contributed by atoms with Gasteiger partial charge in [0.1, 0.15) is 0 Å². The molecule has 1 aliphatic heterocycles. The van der Waals surface area contributed by atoms with Crippen LogP contribution in [0.1, 0.15) is 32.7 Å². The fraction of sp³-hybridized carbons (Fsp3) is 0.333. The molecule has 6 atom stereocenters. The molecule has 4 aliphatic carbocycles. The second kappa shape index (κ2) is 7.24. The van der Waals surface area contributed by atoms with Crippen molar-refractivity contribution in [1.29, 1.82) is 0 Å². The quantitative estimate of drug-likeness (QED) is 0.307. The predicted molar refractivity (Wildman–Crippen MR) is 119 cm³/mol. The highest BCUT2D eigenvalue weighted by atomic mass is 16.5. The van der Waals surface area contributed by atoms with E-state index in [9.17, 15) is 19.2 Å². The normalized spacial score (nSPS) is 30.8. The van der Waals surface area contributed by atoms with Gasteiger partial charge in [-0.3, -0.25) is 19.3 Å². The van der Waals surface area contributed by atoms with Crippen LogP contribution in [0.5, 0.6) is 0 Å². The Hall–Kier alpha value is -3.54. The zero-order valence-corrected chi connectivity index (χ0v) is 18.1. The molecular formula is C27H23NO5. The van der Waals surface area contributed by atoms with E-state index in [-0.39, 0.29) is 53.4 Å². The number of amides is 2. The molecule has 5 aliphatic rings. The first-order chi connectivity index (χ1) is 15.9. The van der Waals surface area contributed by atoms with Crippen LogP contribution in [-0.4, -0.2) is 30.2 Å². The van der Waals surface area contributed by atoms with Gasteiger partial charge >= 0.3 is 5.97 Å². The molecular weight excluding hydrogens is 418 g/mol. The van der Waals surface area contributed by atoms with Crippen LogP contribution >= 0.6 is 0 Å². The highest BCUT2D eigenvalue weighted by Gasteiger charge is 2.67. The third-order valence-corrected chi connectivity index (χ3v) is 7.73. The molecule has 2 bridgehead atoms. The van der Waals surface area contributed by atoms with E-state index in [0.717, 1.165) is 12.0 Å². The number of ketones is 1. The van der Waals surface area contributed by atoms with Crippen LogP contribution in [0, 0.1) is 42.4 Å². The van der Waals surface area contributed by atoms with Gasteiger partial charge in [-0.15, -0.1) is 0 Å². The van der Waals surface area contributed by atoms with Gasteiger partial charge in [-0.25, -0.2) is 4.79 Å². The predicted octanol–water partition coefficient (Wildman–Crippen LogP) is 3.59. The summed E-state index contributed by atoms with van der Waals surface area (Å²) >= 11 is 0. The Morgan fingerprint density at radius 3 is 1.97 bits per heavy atom. The minimum Gasteiger partial charge on any atom is -0.454 e. The van der Waals surface area contributed by atoms with E-state index in [4.69, 9.17) is 4.74 Å². The Balaban J connectivity index is 1.14. The van der Waals surface area contributed by atoms with Crippen LogP contribution in [0.2, 0.25) is 0 Å². The van der Waals surface area contributed by atoms with Gasteiger partial charge in [-0.2, -0.15) is 0 Å². The lowest BCUT2D eigenvalue weighted by Gasteiger charge is -2.37. The van der Waals surface area contributed by atoms with Crippen LogP contribution in [0.3, 0.4) is 0 Å². The molecule has 0 unspecified atom stereocenters. The number of rotatable bonds is 5. The molecule has 3 fully saturated rings. The van der Waals surface area contributed by atoms with Crippen LogP contribution in [-0.2, 0) is 14.3 Å². The summed E-state index contributed by atoms with van der Waals surface area (Å²) in [6.45, 7) is 1.58. The number of esters is 1. The first-order valence-electron chi connectivity index (χ1n) is 11.4. The number of carbonyl (C=O) groups excluding carboxylic acids is 4. The average molecular weight is 441 g/mol. The molecule has 6 nitrogen and oxygen atoms in total. The summed E-state index contributed by atoms with van der Waals surface area (Å²) in [7, 11) is 0. The van der Waals surface area contributed by atoms with Crippen molar-refractivity contribution in [3.63, 3.8) is 0 Å². The SMILES string of the molecule is Cc1ccc(C(=O)COC(=O)c2ccc(N3C(=O)[C@@H]4[C@H]5C=C[C@@H]([C@@H]6C[C@H]56)[C@@H]4C3=O)cc2)cc1. The van der Waals surface area contributed by atoms with E-state index in [0.29, 0.717) is 23.1 Å². The van der Waals surface area contributed by atoms with Crippen LogP contribution in [0.4, 0.5) is 5.69 Å². The molecule has 2 amide bonds. The zero-order chi connectivity index (χ0) is 22.9. The third-order valence-electron chi connectivity index (χ3n) is 7.73. The molecule has 0 aromatic heterocycles. The van der Waals surface area contributed by atoms with E-state index in [1.807, 2.05) is 19.1 Å². The molecule has 0 N–H and O–H groups in total. The first-order valence-corrected chi connectivity index (χ1v) is 11.4. The minimum atomic E-state index is -0.628. The summed E-state index contributed by atoms with van der Waals surface area (Å²) in [5.74, 6) is -0.229. The molecule has 0 radical (unpaired) electrons. The zero-order valence-electron chi connectivity index (χ0n) is 18.1. The van der Waals surface area contributed by atoms with E-state index in [1.165, 1.54) is 17.0 Å². The molecule has 2 aromatic carbocycles. The number of anilines is 1. The Morgan fingerprint density at radius 1 is 0.848 bits per heavy atom. The fourth-order valence-corrected chi connectivity index (χ4v) is 6.00. The van der Waals surface area contributed by atoms with Crippen molar-refractivity contribution in [2.45, 2.75) is 13.3 Å². The Labute approximate surface area is 191 Å². The van der Waals surface area contributed by atoms with Crippen molar-refractivity contribution in [2.75, 3.05) is 11.5 Å². The van der Waals surface area contributed by atoms with Crippen molar-refractivity contribution >= 4 is 29.3 Å². The number of imide groups is 1. The molecule has 1 saturated heterocycles. The fourth-order valence-electron chi connectivity index (χ4n) is 6.00. The van der Waals surface area contributed by atoms with Crippen molar-refractivity contribution in [3.8, 4) is 0 Å².